The first-order valence-electron chi connectivity index (χ1n) is 8.02. The van der Waals surface area contributed by atoms with Crippen molar-refractivity contribution in [2.75, 3.05) is 15.9 Å². The van der Waals surface area contributed by atoms with Crippen LogP contribution in [-0.4, -0.2) is 31.5 Å². The molecule has 0 aliphatic rings. The van der Waals surface area contributed by atoms with Crippen LogP contribution in [0.2, 0.25) is 0 Å². The maximum Gasteiger partial charge on any atom is 0.416 e. The van der Waals surface area contributed by atoms with Crippen LogP contribution in [0.5, 0.6) is 0 Å². The number of alkyl halides is 3. The number of nitro groups is 1. The number of hydrogen-bond acceptors (Lipinski definition) is 5. The third-order valence-corrected chi connectivity index (χ3v) is 5.08. The van der Waals surface area contributed by atoms with E-state index in [9.17, 15) is 36.5 Å². The Morgan fingerprint density at radius 2 is 1.79 bits per heavy atom. The molecule has 2 rings (SSSR count). The molecule has 29 heavy (non-hydrogen) atoms. The Bertz CT molecular complexity index is 1040. The highest BCUT2D eigenvalue weighted by Gasteiger charge is 2.34. The molecule has 0 spiro atoms. The van der Waals surface area contributed by atoms with Gasteiger partial charge in [0.05, 0.1) is 22.4 Å². The van der Waals surface area contributed by atoms with Gasteiger partial charge >= 0.3 is 6.18 Å². The van der Waals surface area contributed by atoms with Gasteiger partial charge < -0.3 is 5.32 Å². The predicted octanol–water partition coefficient (Wildman–Crippen LogP) is 3.41. The molecule has 0 bridgehead atoms. The normalized spacial score (nSPS) is 12.9. The molecular formula is C17H16F3N3O5S. The van der Waals surface area contributed by atoms with E-state index in [-0.39, 0.29) is 17.1 Å². The van der Waals surface area contributed by atoms with Crippen LogP contribution in [0.3, 0.4) is 0 Å². The van der Waals surface area contributed by atoms with Crippen LogP contribution in [0.4, 0.5) is 30.2 Å². The summed E-state index contributed by atoms with van der Waals surface area (Å²) < 4.78 is 63.9. The number of hydrogen-bond donors (Lipinski definition) is 1. The average Bonchev–Trinajstić information content (AvgIpc) is 2.60. The van der Waals surface area contributed by atoms with Gasteiger partial charge in [-0.3, -0.25) is 19.2 Å². The quantitative estimate of drug-likeness (QED) is 0.557. The molecule has 0 heterocycles. The fourth-order valence-electron chi connectivity index (χ4n) is 2.57. The second-order valence-corrected chi connectivity index (χ2v) is 7.94. The standard InChI is InChI=1S/C17H16F3N3O5S/c1-11(16(24)21-13-6-4-8-15(10-13)23(25)26)22(29(2,27)28)14-7-3-5-12(9-14)17(18,19)20/h3-11H,1-2H3,(H,21,24)/t11-/m1/s1. The SMILES string of the molecule is C[C@H](C(=O)Nc1cccc([N+](=O)[O-])c1)N(c1cccc(C(F)(F)F)c1)S(C)(=O)=O. The van der Waals surface area contributed by atoms with Crippen molar-refractivity contribution in [3.8, 4) is 0 Å². The van der Waals surface area contributed by atoms with E-state index in [1.807, 2.05) is 0 Å². The lowest BCUT2D eigenvalue weighted by atomic mass is 10.1. The molecule has 0 unspecified atom stereocenters. The topological polar surface area (TPSA) is 110 Å². The number of amides is 1. The lowest BCUT2D eigenvalue weighted by Crippen LogP contribution is -2.45. The highest BCUT2D eigenvalue weighted by Crippen LogP contribution is 2.33. The molecule has 0 fully saturated rings. The number of carbonyl (C=O) groups excluding carboxylic acids is 1. The highest BCUT2D eigenvalue weighted by atomic mass is 32.2. The number of sulfonamides is 1. The Labute approximate surface area is 164 Å². The van der Waals surface area contributed by atoms with Crippen LogP contribution >= 0.6 is 0 Å². The summed E-state index contributed by atoms with van der Waals surface area (Å²) in [6.07, 6.45) is -3.95. The summed E-state index contributed by atoms with van der Waals surface area (Å²) in [5.74, 6) is -0.881. The first kappa shape index (κ1) is 22.1. The van der Waals surface area contributed by atoms with E-state index in [4.69, 9.17) is 0 Å². The molecule has 1 amide bonds. The van der Waals surface area contributed by atoms with E-state index in [0.717, 1.165) is 30.5 Å². The predicted molar refractivity (Wildman–Crippen MR) is 100.0 cm³/mol. The molecule has 2 aromatic carbocycles. The van der Waals surface area contributed by atoms with E-state index >= 15 is 0 Å². The molecular weight excluding hydrogens is 415 g/mol. The van der Waals surface area contributed by atoms with Gasteiger partial charge in [-0.2, -0.15) is 13.2 Å². The minimum absolute atomic E-state index is 0.0357. The van der Waals surface area contributed by atoms with Crippen molar-refractivity contribution in [2.24, 2.45) is 0 Å². The number of carbonyl (C=O) groups is 1. The van der Waals surface area contributed by atoms with Crippen molar-refractivity contribution in [1.29, 1.82) is 0 Å². The van der Waals surface area contributed by atoms with E-state index < -0.39 is 38.6 Å². The zero-order valence-corrected chi connectivity index (χ0v) is 16.0. The van der Waals surface area contributed by atoms with Gasteiger partial charge in [0, 0.05) is 17.8 Å². The van der Waals surface area contributed by atoms with Gasteiger partial charge in [-0.05, 0) is 31.2 Å². The number of nitrogens with one attached hydrogen (secondary N) is 1. The monoisotopic (exact) mass is 431 g/mol. The second-order valence-electron chi connectivity index (χ2n) is 6.08. The van der Waals surface area contributed by atoms with E-state index in [0.29, 0.717) is 10.4 Å². The molecule has 0 aliphatic carbocycles. The molecule has 1 atom stereocenters. The Morgan fingerprint density at radius 1 is 1.17 bits per heavy atom. The number of rotatable bonds is 6. The molecule has 1 N–H and O–H groups in total. The van der Waals surface area contributed by atoms with Crippen LogP contribution in [-0.2, 0) is 21.0 Å². The highest BCUT2D eigenvalue weighted by molar-refractivity contribution is 7.92. The molecule has 0 aromatic heterocycles. The van der Waals surface area contributed by atoms with Gasteiger partial charge in [0.1, 0.15) is 6.04 Å². The summed E-state index contributed by atoms with van der Waals surface area (Å²) in [7, 11) is -4.14. The Balaban J connectivity index is 2.37. The summed E-state index contributed by atoms with van der Waals surface area (Å²) in [5, 5.41) is 13.2. The van der Waals surface area contributed by atoms with Crippen molar-refractivity contribution >= 4 is 33.0 Å². The molecule has 8 nitrogen and oxygen atoms in total. The maximum atomic E-state index is 13.0. The van der Waals surface area contributed by atoms with Crippen molar-refractivity contribution in [3.63, 3.8) is 0 Å². The number of non-ortho nitro benzene ring substituents is 1. The summed E-state index contributed by atoms with van der Waals surface area (Å²) in [4.78, 5) is 22.7. The first-order chi connectivity index (χ1) is 13.3. The Kier molecular flexibility index (Phi) is 6.16. The maximum absolute atomic E-state index is 13.0. The van der Waals surface area contributed by atoms with Gasteiger partial charge in [0.2, 0.25) is 15.9 Å². The number of benzene rings is 2. The van der Waals surface area contributed by atoms with Crippen LogP contribution in [0.15, 0.2) is 48.5 Å². The zero-order chi connectivity index (χ0) is 22.0. The number of nitrogens with zero attached hydrogens (tertiary/aromatic N) is 2. The fraction of sp³-hybridized carbons (Fsp3) is 0.235. The molecule has 12 heteroatoms. The minimum Gasteiger partial charge on any atom is -0.324 e. The Hall–Kier alpha value is -3.15. The molecule has 0 aliphatic heterocycles. The van der Waals surface area contributed by atoms with Gasteiger partial charge in [0.25, 0.3) is 5.69 Å². The summed E-state index contributed by atoms with van der Waals surface area (Å²) in [6, 6.07) is 7.06. The number of halogens is 3. The first-order valence-corrected chi connectivity index (χ1v) is 9.87. The third-order valence-electron chi connectivity index (χ3n) is 3.84. The number of anilines is 2. The average molecular weight is 431 g/mol. The molecule has 156 valence electrons. The number of nitro benzene ring substituents is 1. The van der Waals surface area contributed by atoms with Crippen molar-refractivity contribution in [3.05, 3.63) is 64.2 Å². The molecule has 0 saturated carbocycles. The lowest BCUT2D eigenvalue weighted by molar-refractivity contribution is -0.384. The fourth-order valence-corrected chi connectivity index (χ4v) is 3.74. The van der Waals surface area contributed by atoms with Crippen LogP contribution in [0.25, 0.3) is 0 Å². The molecule has 2 aromatic rings. The van der Waals surface area contributed by atoms with Gasteiger partial charge in [-0.1, -0.05) is 12.1 Å². The van der Waals surface area contributed by atoms with Crippen molar-refractivity contribution in [1.82, 2.24) is 0 Å². The largest absolute Gasteiger partial charge is 0.416 e. The lowest BCUT2D eigenvalue weighted by Gasteiger charge is -2.28. The van der Waals surface area contributed by atoms with Gasteiger partial charge in [0.15, 0.2) is 0 Å². The van der Waals surface area contributed by atoms with Crippen LogP contribution < -0.4 is 9.62 Å². The van der Waals surface area contributed by atoms with E-state index in [1.54, 1.807) is 0 Å². The Morgan fingerprint density at radius 3 is 2.34 bits per heavy atom. The van der Waals surface area contributed by atoms with Crippen molar-refractivity contribution < 1.29 is 31.3 Å². The van der Waals surface area contributed by atoms with Gasteiger partial charge in [-0.25, -0.2) is 8.42 Å². The van der Waals surface area contributed by atoms with Crippen molar-refractivity contribution in [2.45, 2.75) is 19.1 Å². The third kappa shape index (κ3) is 5.44. The minimum atomic E-state index is -4.70. The van der Waals surface area contributed by atoms with E-state index in [1.165, 1.54) is 25.1 Å². The molecule has 0 saturated heterocycles. The smallest absolute Gasteiger partial charge is 0.324 e. The molecule has 0 radical (unpaired) electrons. The summed E-state index contributed by atoms with van der Waals surface area (Å²) in [5.41, 5.74) is -1.68. The summed E-state index contributed by atoms with van der Waals surface area (Å²) >= 11 is 0. The van der Waals surface area contributed by atoms with E-state index in [2.05, 4.69) is 5.32 Å². The van der Waals surface area contributed by atoms with Gasteiger partial charge in [-0.15, -0.1) is 0 Å². The van der Waals surface area contributed by atoms with Crippen LogP contribution in [0.1, 0.15) is 12.5 Å². The zero-order valence-electron chi connectivity index (χ0n) is 15.2. The second kappa shape index (κ2) is 8.07. The van der Waals surface area contributed by atoms with Crippen LogP contribution in [0, 0.1) is 10.1 Å². The summed E-state index contributed by atoms with van der Waals surface area (Å²) in [6.45, 7) is 1.19.